The molecule has 0 radical (unpaired) electrons. The fourth-order valence-corrected chi connectivity index (χ4v) is 3.39. The lowest BCUT2D eigenvalue weighted by Gasteiger charge is -2.19. The van der Waals surface area contributed by atoms with Crippen LogP contribution < -0.4 is 10.2 Å². The van der Waals surface area contributed by atoms with E-state index in [4.69, 9.17) is 16.3 Å². The summed E-state index contributed by atoms with van der Waals surface area (Å²) in [5.41, 5.74) is 2.53. The van der Waals surface area contributed by atoms with E-state index in [0.29, 0.717) is 29.4 Å². The summed E-state index contributed by atoms with van der Waals surface area (Å²) in [6, 6.07) is 11.9. The van der Waals surface area contributed by atoms with Crippen molar-refractivity contribution < 1.29 is 19.1 Å². The van der Waals surface area contributed by atoms with Gasteiger partial charge in [0.15, 0.2) is 0 Å². The van der Waals surface area contributed by atoms with Crippen LogP contribution in [-0.2, 0) is 14.3 Å². The number of ether oxygens (including phenoxy) is 1. The van der Waals surface area contributed by atoms with Gasteiger partial charge in [-0.2, -0.15) is 0 Å². The Hall–Kier alpha value is -2.86. The molecule has 0 saturated carbocycles. The summed E-state index contributed by atoms with van der Waals surface area (Å²) in [5.74, 6) is -1.19. The molecular weight excluding hydrogens is 392 g/mol. The van der Waals surface area contributed by atoms with E-state index >= 15 is 0 Å². The summed E-state index contributed by atoms with van der Waals surface area (Å²) in [5, 5.41) is 3.40. The van der Waals surface area contributed by atoms with Crippen molar-refractivity contribution in [2.45, 2.75) is 26.7 Å². The molecule has 29 heavy (non-hydrogen) atoms. The van der Waals surface area contributed by atoms with Crippen LogP contribution in [0.15, 0.2) is 42.5 Å². The number of halogens is 1. The molecule has 2 amide bonds. The zero-order chi connectivity index (χ0) is 21.0. The third-order valence-corrected chi connectivity index (χ3v) is 5.26. The van der Waals surface area contributed by atoms with Gasteiger partial charge in [0.2, 0.25) is 11.8 Å². The quantitative estimate of drug-likeness (QED) is 0.718. The zero-order valence-corrected chi connectivity index (χ0v) is 17.2. The Kier molecular flexibility index (Phi) is 6.54. The molecular formula is C22H23ClN2O4. The first-order valence-corrected chi connectivity index (χ1v) is 9.92. The number of rotatable bonds is 6. The molecule has 2 aromatic rings. The molecule has 0 spiro atoms. The summed E-state index contributed by atoms with van der Waals surface area (Å²) >= 11 is 6.16. The lowest BCUT2D eigenvalue weighted by Crippen LogP contribution is -2.28. The maximum Gasteiger partial charge on any atom is 0.338 e. The van der Waals surface area contributed by atoms with Crippen LogP contribution in [0.25, 0.3) is 0 Å². The molecule has 2 aromatic carbocycles. The van der Waals surface area contributed by atoms with Crippen molar-refractivity contribution in [3.63, 3.8) is 0 Å². The van der Waals surface area contributed by atoms with Gasteiger partial charge < -0.3 is 15.0 Å². The van der Waals surface area contributed by atoms with Crippen LogP contribution in [0.5, 0.6) is 0 Å². The maximum absolute atomic E-state index is 12.6. The number of amides is 2. The van der Waals surface area contributed by atoms with Crippen LogP contribution in [0, 0.1) is 12.8 Å². The topological polar surface area (TPSA) is 75.7 Å². The standard InChI is InChI=1S/C22H23ClN2O4/c1-3-11-29-22(28)15-7-9-17(10-8-15)24-21(27)16-12-20(26)25(13-16)19-6-4-5-18(23)14(19)2/h4-10,16H,3,11-13H2,1-2H3,(H,24,27)/t16-/m1/s1. The number of benzene rings is 2. The first-order valence-electron chi connectivity index (χ1n) is 9.54. The number of anilines is 2. The van der Waals surface area contributed by atoms with Crippen molar-refractivity contribution in [1.29, 1.82) is 0 Å². The van der Waals surface area contributed by atoms with Gasteiger partial charge in [0.1, 0.15) is 0 Å². The first-order chi connectivity index (χ1) is 13.9. The first kappa shape index (κ1) is 20.9. The van der Waals surface area contributed by atoms with Crippen molar-refractivity contribution in [1.82, 2.24) is 0 Å². The van der Waals surface area contributed by atoms with Crippen LogP contribution in [0.3, 0.4) is 0 Å². The van der Waals surface area contributed by atoms with Crippen molar-refractivity contribution in [3.8, 4) is 0 Å². The third-order valence-electron chi connectivity index (χ3n) is 4.85. The van der Waals surface area contributed by atoms with E-state index in [1.165, 1.54) is 0 Å². The zero-order valence-electron chi connectivity index (χ0n) is 16.4. The average molecular weight is 415 g/mol. The Morgan fingerprint density at radius 3 is 2.62 bits per heavy atom. The molecule has 0 bridgehead atoms. The molecule has 0 aliphatic carbocycles. The molecule has 1 N–H and O–H groups in total. The highest BCUT2D eigenvalue weighted by atomic mass is 35.5. The van der Waals surface area contributed by atoms with E-state index < -0.39 is 11.9 Å². The molecule has 0 aromatic heterocycles. The maximum atomic E-state index is 12.6. The molecule has 3 rings (SSSR count). The van der Waals surface area contributed by atoms with Gasteiger partial charge in [-0.3, -0.25) is 9.59 Å². The van der Waals surface area contributed by atoms with Crippen LogP contribution in [0.4, 0.5) is 11.4 Å². The van der Waals surface area contributed by atoms with Crippen LogP contribution in [0.2, 0.25) is 5.02 Å². The van der Waals surface area contributed by atoms with Gasteiger partial charge in [-0.25, -0.2) is 4.79 Å². The molecule has 6 nitrogen and oxygen atoms in total. The summed E-state index contributed by atoms with van der Waals surface area (Å²) in [4.78, 5) is 38.6. The predicted molar refractivity (Wildman–Crippen MR) is 112 cm³/mol. The average Bonchev–Trinajstić information content (AvgIpc) is 3.10. The molecule has 7 heteroatoms. The molecule has 1 saturated heterocycles. The predicted octanol–water partition coefficient (Wildman–Crippen LogP) is 4.21. The Bertz CT molecular complexity index is 927. The summed E-state index contributed by atoms with van der Waals surface area (Å²) in [6.45, 7) is 4.45. The van der Waals surface area contributed by atoms with Gasteiger partial charge in [-0.1, -0.05) is 24.6 Å². The molecule has 152 valence electrons. The number of hydrogen-bond acceptors (Lipinski definition) is 4. The minimum atomic E-state index is -0.463. The Morgan fingerprint density at radius 2 is 1.93 bits per heavy atom. The minimum absolute atomic E-state index is 0.107. The Balaban J connectivity index is 1.63. The van der Waals surface area contributed by atoms with Gasteiger partial charge in [0, 0.05) is 29.4 Å². The third kappa shape index (κ3) is 4.77. The Morgan fingerprint density at radius 1 is 1.21 bits per heavy atom. The monoisotopic (exact) mass is 414 g/mol. The minimum Gasteiger partial charge on any atom is -0.462 e. The van der Waals surface area contributed by atoms with Gasteiger partial charge in [-0.05, 0) is 55.3 Å². The van der Waals surface area contributed by atoms with Crippen molar-refractivity contribution in [3.05, 3.63) is 58.6 Å². The van der Waals surface area contributed by atoms with E-state index in [2.05, 4.69) is 5.32 Å². The van der Waals surface area contributed by atoms with Crippen molar-refractivity contribution in [2.75, 3.05) is 23.4 Å². The Labute approximate surface area is 174 Å². The van der Waals surface area contributed by atoms with Crippen LogP contribution in [0.1, 0.15) is 35.7 Å². The lowest BCUT2D eigenvalue weighted by molar-refractivity contribution is -0.122. The summed E-state index contributed by atoms with van der Waals surface area (Å²) < 4.78 is 5.08. The van der Waals surface area contributed by atoms with Gasteiger partial charge in [0.05, 0.1) is 18.1 Å². The normalized spacial score (nSPS) is 16.0. The second-order valence-electron chi connectivity index (χ2n) is 6.99. The number of carbonyl (C=O) groups excluding carboxylic acids is 3. The van der Waals surface area contributed by atoms with Crippen molar-refractivity contribution in [2.24, 2.45) is 5.92 Å². The number of hydrogen-bond donors (Lipinski definition) is 1. The van der Waals surface area contributed by atoms with E-state index in [0.717, 1.165) is 17.7 Å². The van der Waals surface area contributed by atoms with Crippen LogP contribution >= 0.6 is 11.6 Å². The van der Waals surface area contributed by atoms with Gasteiger partial charge in [0.25, 0.3) is 0 Å². The fraction of sp³-hybridized carbons (Fsp3) is 0.318. The molecule has 1 atom stereocenters. The highest BCUT2D eigenvalue weighted by Crippen LogP contribution is 2.31. The summed E-state index contributed by atoms with van der Waals surface area (Å²) in [6.07, 6.45) is 0.894. The van der Waals surface area contributed by atoms with E-state index in [9.17, 15) is 14.4 Å². The second kappa shape index (κ2) is 9.09. The lowest BCUT2D eigenvalue weighted by atomic mass is 10.1. The smallest absolute Gasteiger partial charge is 0.338 e. The number of esters is 1. The second-order valence-corrected chi connectivity index (χ2v) is 7.40. The summed E-state index contributed by atoms with van der Waals surface area (Å²) in [7, 11) is 0. The molecule has 1 fully saturated rings. The number of nitrogens with one attached hydrogen (secondary N) is 1. The highest BCUT2D eigenvalue weighted by Gasteiger charge is 2.35. The number of nitrogens with zero attached hydrogens (tertiary/aromatic N) is 1. The SMILES string of the molecule is CCCOC(=O)c1ccc(NC(=O)[C@@H]2CC(=O)N(c3cccc(Cl)c3C)C2)cc1. The highest BCUT2D eigenvalue weighted by molar-refractivity contribution is 6.31. The number of carbonyl (C=O) groups is 3. The van der Waals surface area contributed by atoms with E-state index in [1.54, 1.807) is 41.3 Å². The molecule has 0 unspecified atom stereocenters. The molecule has 1 aliphatic heterocycles. The molecule has 1 heterocycles. The van der Waals surface area contributed by atoms with Gasteiger partial charge in [-0.15, -0.1) is 0 Å². The van der Waals surface area contributed by atoms with Crippen molar-refractivity contribution >= 4 is 40.8 Å². The van der Waals surface area contributed by atoms with E-state index in [1.807, 2.05) is 19.9 Å². The van der Waals surface area contributed by atoms with Crippen LogP contribution in [-0.4, -0.2) is 30.9 Å². The van der Waals surface area contributed by atoms with E-state index in [-0.39, 0.29) is 18.2 Å². The fourth-order valence-electron chi connectivity index (χ4n) is 3.22. The largest absolute Gasteiger partial charge is 0.462 e. The molecule has 1 aliphatic rings. The van der Waals surface area contributed by atoms with Gasteiger partial charge >= 0.3 is 5.97 Å².